The summed E-state index contributed by atoms with van der Waals surface area (Å²) in [7, 11) is 3.66. The highest BCUT2D eigenvalue weighted by atomic mass is 31.1. The summed E-state index contributed by atoms with van der Waals surface area (Å²) in [5.41, 5.74) is 0. The molecule has 0 amide bonds. The molecule has 1 heterocycles. The number of hydrogen-bond acceptors (Lipinski definition) is 7. The van der Waals surface area contributed by atoms with Crippen LogP contribution < -0.4 is 0 Å². The Balaban J connectivity index is 0.00000400. The summed E-state index contributed by atoms with van der Waals surface area (Å²) < 4.78 is 28.2. The predicted octanol–water partition coefficient (Wildman–Crippen LogP) is 1.43. The maximum atomic E-state index is 11.5. The summed E-state index contributed by atoms with van der Waals surface area (Å²) in [6, 6.07) is 0. The second-order valence-corrected chi connectivity index (χ2v) is 6.01. The van der Waals surface area contributed by atoms with Crippen LogP contribution in [0.5, 0.6) is 0 Å². The molecule has 0 aromatic carbocycles. The highest BCUT2D eigenvalue weighted by Gasteiger charge is 2.28. The smallest absolute Gasteiger partial charge is 0.701 e. The number of quaternary nitrogens is 1. The molecule has 0 bridgehead atoms. The second kappa shape index (κ2) is 8.81. The first-order valence-electron chi connectivity index (χ1n) is 6.04. The van der Waals surface area contributed by atoms with E-state index >= 15 is 0 Å². The van der Waals surface area contributed by atoms with Crippen molar-refractivity contribution in [2.75, 3.05) is 34.3 Å². The molecule has 10 heteroatoms. The van der Waals surface area contributed by atoms with Crippen LogP contribution in [0.4, 0.5) is 4.79 Å². The van der Waals surface area contributed by atoms with Crippen molar-refractivity contribution in [1.29, 1.82) is 0 Å². The number of hydrogen-bond donors (Lipinski definition) is 0. The van der Waals surface area contributed by atoms with Gasteiger partial charge in [-0.3, -0.25) is 0 Å². The van der Waals surface area contributed by atoms with Gasteiger partial charge in [0.1, 0.15) is 12.9 Å². The Kier molecular flexibility index (Phi) is 8.23. The van der Waals surface area contributed by atoms with Crippen molar-refractivity contribution in [1.82, 2.24) is 9.55 Å². The molecule has 1 rings (SSSR count). The number of nitrogens with zero attached hydrogens (tertiary/aromatic N) is 3. The lowest BCUT2D eigenvalue weighted by Crippen LogP contribution is -2.37. The van der Waals surface area contributed by atoms with Crippen molar-refractivity contribution in [3.05, 3.63) is 18.7 Å². The van der Waals surface area contributed by atoms with Crippen molar-refractivity contribution in [2.45, 2.75) is 13.2 Å². The molecule has 0 aliphatic heterocycles. The van der Waals surface area contributed by atoms with Gasteiger partial charge in [-0.15, -0.1) is 4.52 Å². The molecule has 2 atom stereocenters. The Morgan fingerprint density at radius 1 is 1.43 bits per heavy atom. The fourth-order valence-electron chi connectivity index (χ4n) is 1.13. The van der Waals surface area contributed by atoms with Crippen LogP contribution in [0.25, 0.3) is 0 Å². The van der Waals surface area contributed by atoms with Gasteiger partial charge in [-0.2, -0.15) is 0 Å². The Hall–Kier alpha value is -1.38. The molecule has 9 nitrogen and oxygen atoms in total. The molecular weight excluding hydrogens is 301 g/mol. The van der Waals surface area contributed by atoms with Crippen LogP contribution in [0.1, 0.15) is 6.92 Å². The van der Waals surface area contributed by atoms with Crippen molar-refractivity contribution in [2.24, 2.45) is 0 Å². The minimum absolute atomic E-state index is 0. The zero-order chi connectivity index (χ0) is 15.2. The molecule has 21 heavy (non-hydrogen) atoms. The minimum atomic E-state index is -2.32. The zero-order valence-electron chi connectivity index (χ0n) is 12.5. The average molecular weight is 322 g/mol. The van der Waals surface area contributed by atoms with Crippen molar-refractivity contribution >= 4 is 14.3 Å². The van der Waals surface area contributed by atoms with Crippen molar-refractivity contribution < 1.29 is 33.1 Å². The van der Waals surface area contributed by atoms with Gasteiger partial charge in [0.05, 0.1) is 21.1 Å². The summed E-state index contributed by atoms with van der Waals surface area (Å²) in [6.07, 6.45) is 2.54. The van der Waals surface area contributed by atoms with Crippen LogP contribution in [-0.4, -0.2) is 66.2 Å². The number of rotatable bonds is 7. The average Bonchev–Trinajstić information content (AvgIpc) is 2.79. The van der Waals surface area contributed by atoms with E-state index < -0.39 is 20.6 Å². The lowest BCUT2D eigenvalue weighted by molar-refractivity contribution is -0.870. The van der Waals surface area contributed by atoms with E-state index in [9.17, 15) is 9.36 Å². The molecule has 1 aromatic rings. The predicted molar refractivity (Wildman–Crippen MR) is 73.0 cm³/mol. The van der Waals surface area contributed by atoms with Gasteiger partial charge in [-0.25, -0.2) is 14.3 Å². The molecule has 120 valence electrons. The van der Waals surface area contributed by atoms with Crippen LogP contribution in [-0.2, 0) is 18.3 Å². The van der Waals surface area contributed by atoms with Gasteiger partial charge in [0.2, 0.25) is 0 Å². The second-order valence-electron chi connectivity index (χ2n) is 5.10. The number of ether oxygens (including phenoxy) is 1. The van der Waals surface area contributed by atoms with E-state index in [1.165, 1.54) is 25.6 Å². The first kappa shape index (κ1) is 19.6. The van der Waals surface area contributed by atoms with Crippen molar-refractivity contribution in [3.8, 4) is 0 Å². The van der Waals surface area contributed by atoms with Gasteiger partial charge >= 0.3 is 14.3 Å². The lowest BCUT2D eigenvalue weighted by Gasteiger charge is -2.21. The molecule has 0 fully saturated rings. The van der Waals surface area contributed by atoms with Crippen LogP contribution in [0.2, 0.25) is 0 Å². The Morgan fingerprint density at radius 3 is 2.62 bits per heavy atom. The van der Waals surface area contributed by atoms with E-state index in [1.54, 1.807) is 0 Å². The fourth-order valence-corrected chi connectivity index (χ4v) is 1.71. The lowest BCUT2D eigenvalue weighted by atomic mass is 10.5. The molecule has 0 radical (unpaired) electrons. The van der Waals surface area contributed by atoms with Gasteiger partial charge in [0.25, 0.3) is 6.29 Å². The summed E-state index contributed by atoms with van der Waals surface area (Å²) in [4.78, 5) is 15.2. The third-order valence-corrected chi connectivity index (χ3v) is 3.04. The molecule has 2 unspecified atom stereocenters. The number of likely N-dealkylation sites (N-methyl/N-ethyl adjacent to an activating group) is 1. The molecule has 0 aliphatic carbocycles. The Bertz CT molecular complexity index is 445. The summed E-state index contributed by atoms with van der Waals surface area (Å²) in [6.45, 7) is 2.44. The molecule has 0 saturated carbocycles. The van der Waals surface area contributed by atoms with Crippen LogP contribution in [0.3, 0.4) is 0 Å². The molecule has 0 saturated heterocycles. The largest absolute Gasteiger partial charge is 0.870 e. The zero-order valence-corrected chi connectivity index (χ0v) is 13.4. The normalized spacial score (nSPS) is 13.2. The quantitative estimate of drug-likeness (QED) is 0.424. The molecule has 1 N–H and O–H groups in total. The monoisotopic (exact) mass is 322 g/mol. The highest BCUT2D eigenvalue weighted by molar-refractivity contribution is 7.33. The minimum Gasteiger partial charge on any atom is -0.870 e. The number of aromatic nitrogens is 2. The van der Waals surface area contributed by atoms with Gasteiger partial charge in [0.15, 0.2) is 6.61 Å². The molecule has 0 aliphatic rings. The van der Waals surface area contributed by atoms with Crippen LogP contribution in [0.15, 0.2) is 18.7 Å². The van der Waals surface area contributed by atoms with Gasteiger partial charge < -0.3 is 14.7 Å². The topological polar surface area (TPSA) is 110 Å². The van der Waals surface area contributed by atoms with E-state index in [2.05, 4.69) is 4.98 Å². The van der Waals surface area contributed by atoms with E-state index in [0.717, 1.165) is 4.57 Å². The first-order chi connectivity index (χ1) is 9.28. The Morgan fingerprint density at radius 2 is 2.10 bits per heavy atom. The third-order valence-electron chi connectivity index (χ3n) is 2.18. The summed E-state index contributed by atoms with van der Waals surface area (Å²) in [5, 5.41) is 0. The van der Waals surface area contributed by atoms with Gasteiger partial charge in [0, 0.05) is 23.9 Å². The summed E-state index contributed by atoms with van der Waals surface area (Å²) >= 11 is 0. The third kappa shape index (κ3) is 8.49. The van der Waals surface area contributed by atoms with E-state index in [0.29, 0.717) is 17.6 Å². The fraction of sp³-hybridized carbons (Fsp3) is 0.636. The van der Waals surface area contributed by atoms with Gasteiger partial charge in [-0.1, -0.05) is 4.52 Å². The maximum Gasteiger partial charge on any atom is 0.701 e. The molecule has 1 aromatic heterocycles. The maximum absolute atomic E-state index is 11.5. The first-order valence-corrected chi connectivity index (χ1v) is 7.14. The van der Waals surface area contributed by atoms with Crippen molar-refractivity contribution in [3.63, 3.8) is 0 Å². The van der Waals surface area contributed by atoms with E-state index in [4.69, 9.17) is 13.8 Å². The Labute approximate surface area is 124 Å². The molecular formula is C11H21N3O6P+. The van der Waals surface area contributed by atoms with Gasteiger partial charge in [-0.05, 0) is 0 Å². The molecule has 0 spiro atoms. The van der Waals surface area contributed by atoms with E-state index in [-0.39, 0.29) is 5.48 Å². The number of carbonyl (C=O) groups is 1. The van der Waals surface area contributed by atoms with E-state index in [1.807, 2.05) is 21.1 Å². The van der Waals surface area contributed by atoms with Crippen LogP contribution in [0, 0.1) is 0 Å². The number of carbonyl (C=O) groups excluding carboxylic acids is 1. The standard InChI is InChI=1S/C11H20N3O5P.H2O/c1-10(18-11(15)13-6-5-12-9-13)19-20(16)17-8-7-14(2,3)4;/h5-6,9-10H,7-8H2,1-4H3;1H2/q+2;/p-1. The van der Waals surface area contributed by atoms with Crippen LogP contribution >= 0.6 is 8.25 Å². The SMILES string of the molecule is CC(OC(=O)n1ccnc1)O[P+](=O)OCC[N+](C)(C)C.[OH-]. The number of imidazole rings is 1. The summed E-state index contributed by atoms with van der Waals surface area (Å²) in [5.74, 6) is 0. The highest BCUT2D eigenvalue weighted by Crippen LogP contribution is 2.26.